The monoisotopic (exact) mass is 318 g/mol. The smallest absolute Gasteiger partial charge is 0.239 e. The van der Waals surface area contributed by atoms with E-state index in [0.717, 1.165) is 25.1 Å². The van der Waals surface area contributed by atoms with E-state index in [0.29, 0.717) is 24.9 Å². The number of hydrogen-bond donors (Lipinski definition) is 2. The summed E-state index contributed by atoms with van der Waals surface area (Å²) in [7, 11) is 0. The molecule has 4 nitrogen and oxygen atoms in total. The molecule has 2 N–H and O–H groups in total. The number of carbonyl (C=O) groups is 1. The van der Waals surface area contributed by atoms with Crippen molar-refractivity contribution in [1.82, 2.24) is 5.32 Å². The first-order valence-corrected chi connectivity index (χ1v) is 8.74. The number of para-hydroxylation sites is 1. The molecule has 1 heterocycles. The van der Waals surface area contributed by atoms with Crippen LogP contribution in [-0.2, 0) is 9.53 Å². The van der Waals surface area contributed by atoms with E-state index in [1.54, 1.807) is 0 Å². The Balaban J connectivity index is 1.96. The zero-order chi connectivity index (χ0) is 16.8. The largest absolute Gasteiger partial charge is 0.376 e. The Hall–Kier alpha value is -1.55. The lowest BCUT2D eigenvalue weighted by molar-refractivity contribution is -0.119. The van der Waals surface area contributed by atoms with E-state index >= 15 is 0 Å². The van der Waals surface area contributed by atoms with Gasteiger partial charge in [-0.2, -0.15) is 0 Å². The molecular formula is C19H30N2O2. The highest BCUT2D eigenvalue weighted by molar-refractivity contribution is 5.81. The Morgan fingerprint density at radius 3 is 2.39 bits per heavy atom. The zero-order valence-electron chi connectivity index (χ0n) is 14.8. The summed E-state index contributed by atoms with van der Waals surface area (Å²) in [5.74, 6) is 0.867. The molecule has 1 aliphatic rings. The molecule has 4 heteroatoms. The molecule has 0 radical (unpaired) electrons. The van der Waals surface area contributed by atoms with E-state index in [9.17, 15) is 4.79 Å². The molecule has 0 bridgehead atoms. The predicted molar refractivity (Wildman–Crippen MR) is 95.1 cm³/mol. The maximum absolute atomic E-state index is 12.1. The third-order valence-electron chi connectivity index (χ3n) is 4.35. The molecule has 1 fully saturated rings. The van der Waals surface area contributed by atoms with Gasteiger partial charge in [0.1, 0.15) is 0 Å². The van der Waals surface area contributed by atoms with E-state index in [1.165, 1.54) is 11.1 Å². The van der Waals surface area contributed by atoms with Crippen LogP contribution in [0.2, 0.25) is 0 Å². The van der Waals surface area contributed by atoms with Crippen LogP contribution in [0.25, 0.3) is 0 Å². The predicted octanol–water partition coefficient (Wildman–Crippen LogP) is 3.64. The summed E-state index contributed by atoms with van der Waals surface area (Å²) in [6.45, 7) is 10.5. The van der Waals surface area contributed by atoms with Crippen molar-refractivity contribution in [1.29, 1.82) is 0 Å². The molecule has 1 saturated heterocycles. The number of ether oxygens (including phenoxy) is 1. The SMILES string of the molecule is CC(C)c1cccc(C(C)C)c1NCC(=O)NCC1CCCO1. The minimum Gasteiger partial charge on any atom is -0.376 e. The van der Waals surface area contributed by atoms with Crippen LogP contribution in [0.1, 0.15) is 63.5 Å². The van der Waals surface area contributed by atoms with Gasteiger partial charge in [-0.3, -0.25) is 4.79 Å². The van der Waals surface area contributed by atoms with Gasteiger partial charge in [0.2, 0.25) is 5.91 Å². The molecule has 0 spiro atoms. The molecular weight excluding hydrogens is 288 g/mol. The second kappa shape index (κ2) is 8.34. The Labute approximate surface area is 140 Å². The van der Waals surface area contributed by atoms with E-state index in [4.69, 9.17) is 4.74 Å². The average Bonchev–Trinajstić information content (AvgIpc) is 3.03. The standard InChI is InChI=1S/C19H30N2O2/c1-13(2)16-8-5-9-17(14(3)4)19(16)21-12-18(22)20-11-15-7-6-10-23-15/h5,8-9,13-15,21H,6-7,10-12H2,1-4H3,(H,20,22). The summed E-state index contributed by atoms with van der Waals surface area (Å²) in [5.41, 5.74) is 3.65. The third-order valence-corrected chi connectivity index (χ3v) is 4.35. The van der Waals surface area contributed by atoms with Crippen molar-refractivity contribution < 1.29 is 9.53 Å². The highest BCUT2D eigenvalue weighted by Crippen LogP contribution is 2.32. The number of rotatable bonds is 7. The van der Waals surface area contributed by atoms with E-state index < -0.39 is 0 Å². The first kappa shape index (κ1) is 17.8. The maximum Gasteiger partial charge on any atom is 0.239 e. The van der Waals surface area contributed by atoms with Gasteiger partial charge in [-0.15, -0.1) is 0 Å². The molecule has 1 amide bonds. The maximum atomic E-state index is 12.1. The summed E-state index contributed by atoms with van der Waals surface area (Å²) in [6, 6.07) is 6.39. The number of carbonyl (C=O) groups excluding carboxylic acids is 1. The fourth-order valence-corrected chi connectivity index (χ4v) is 3.02. The summed E-state index contributed by atoms with van der Waals surface area (Å²) >= 11 is 0. The molecule has 0 saturated carbocycles. The molecule has 1 unspecified atom stereocenters. The van der Waals surface area contributed by atoms with Gasteiger partial charge in [0.05, 0.1) is 12.6 Å². The first-order chi connectivity index (χ1) is 11.0. The summed E-state index contributed by atoms with van der Waals surface area (Å²) in [6.07, 6.45) is 2.33. The van der Waals surface area contributed by atoms with Crippen LogP contribution < -0.4 is 10.6 Å². The molecule has 23 heavy (non-hydrogen) atoms. The Morgan fingerprint density at radius 2 is 1.87 bits per heavy atom. The Bertz CT molecular complexity index is 494. The first-order valence-electron chi connectivity index (χ1n) is 8.74. The molecule has 1 aromatic carbocycles. The van der Waals surface area contributed by atoms with Crippen LogP contribution in [0, 0.1) is 0 Å². The van der Waals surface area contributed by atoms with Gasteiger partial charge >= 0.3 is 0 Å². The number of benzene rings is 1. The Morgan fingerprint density at radius 1 is 1.22 bits per heavy atom. The van der Waals surface area contributed by atoms with Crippen molar-refractivity contribution in [2.24, 2.45) is 0 Å². The van der Waals surface area contributed by atoms with Gasteiger partial charge in [0.15, 0.2) is 0 Å². The van der Waals surface area contributed by atoms with Crippen molar-refractivity contribution in [3.8, 4) is 0 Å². The quantitative estimate of drug-likeness (QED) is 0.807. The van der Waals surface area contributed by atoms with Gasteiger partial charge in [-0.1, -0.05) is 45.9 Å². The molecule has 128 valence electrons. The second-order valence-electron chi connectivity index (χ2n) is 6.91. The topological polar surface area (TPSA) is 50.4 Å². The lowest BCUT2D eigenvalue weighted by atomic mass is 9.92. The minimum absolute atomic E-state index is 0.0220. The lowest BCUT2D eigenvalue weighted by Crippen LogP contribution is -2.35. The fraction of sp³-hybridized carbons (Fsp3) is 0.632. The number of hydrogen-bond acceptors (Lipinski definition) is 3. The average molecular weight is 318 g/mol. The van der Waals surface area contributed by atoms with E-state index in [-0.39, 0.29) is 12.0 Å². The number of nitrogens with one attached hydrogen (secondary N) is 2. The molecule has 2 rings (SSSR count). The lowest BCUT2D eigenvalue weighted by Gasteiger charge is -2.21. The van der Waals surface area contributed by atoms with E-state index in [2.05, 4.69) is 56.5 Å². The molecule has 0 aromatic heterocycles. The second-order valence-corrected chi connectivity index (χ2v) is 6.91. The number of anilines is 1. The van der Waals surface area contributed by atoms with Gasteiger partial charge < -0.3 is 15.4 Å². The summed E-state index contributed by atoms with van der Waals surface area (Å²) < 4.78 is 5.53. The molecule has 1 aromatic rings. The molecule has 0 aliphatic carbocycles. The van der Waals surface area contributed by atoms with Crippen LogP contribution in [0.15, 0.2) is 18.2 Å². The van der Waals surface area contributed by atoms with Crippen LogP contribution in [-0.4, -0.2) is 31.7 Å². The molecule has 1 aliphatic heterocycles. The van der Waals surface area contributed by atoms with Crippen molar-refractivity contribution in [2.45, 2.75) is 58.5 Å². The van der Waals surface area contributed by atoms with E-state index in [1.807, 2.05) is 0 Å². The van der Waals surface area contributed by atoms with Crippen molar-refractivity contribution in [2.75, 3.05) is 25.0 Å². The van der Waals surface area contributed by atoms with Gasteiger partial charge in [-0.05, 0) is 35.8 Å². The Kier molecular flexibility index (Phi) is 6.46. The van der Waals surface area contributed by atoms with Gasteiger partial charge in [-0.25, -0.2) is 0 Å². The van der Waals surface area contributed by atoms with Gasteiger partial charge in [0.25, 0.3) is 0 Å². The minimum atomic E-state index is 0.0220. The number of amides is 1. The van der Waals surface area contributed by atoms with Crippen molar-refractivity contribution in [3.63, 3.8) is 0 Å². The fourth-order valence-electron chi connectivity index (χ4n) is 3.02. The molecule has 1 atom stereocenters. The highest BCUT2D eigenvalue weighted by atomic mass is 16.5. The van der Waals surface area contributed by atoms with Crippen LogP contribution in [0.4, 0.5) is 5.69 Å². The van der Waals surface area contributed by atoms with Gasteiger partial charge in [0, 0.05) is 18.8 Å². The highest BCUT2D eigenvalue weighted by Gasteiger charge is 2.17. The van der Waals surface area contributed by atoms with Crippen LogP contribution in [0.5, 0.6) is 0 Å². The van der Waals surface area contributed by atoms with Crippen molar-refractivity contribution >= 4 is 11.6 Å². The summed E-state index contributed by atoms with van der Waals surface area (Å²) in [4.78, 5) is 12.1. The van der Waals surface area contributed by atoms with Crippen molar-refractivity contribution in [3.05, 3.63) is 29.3 Å². The summed E-state index contributed by atoms with van der Waals surface area (Å²) in [5, 5.41) is 6.33. The normalized spacial score (nSPS) is 17.7. The third kappa shape index (κ3) is 4.96. The van der Waals surface area contributed by atoms with Crippen LogP contribution in [0.3, 0.4) is 0 Å². The zero-order valence-corrected chi connectivity index (χ0v) is 14.8. The van der Waals surface area contributed by atoms with Crippen LogP contribution >= 0.6 is 0 Å².